The number of nitrogens with zero attached hydrogens (tertiary/aromatic N) is 1. The van der Waals surface area contributed by atoms with E-state index in [9.17, 15) is 18.4 Å². The largest absolute Gasteiger partial charge is 0.347 e. The first kappa shape index (κ1) is 23.1. The van der Waals surface area contributed by atoms with E-state index in [1.165, 1.54) is 24.3 Å². The molecule has 3 aromatic carbocycles. The average Bonchev–Trinajstić information content (AvgIpc) is 3.20. The van der Waals surface area contributed by atoms with Crippen LogP contribution in [-0.4, -0.2) is 16.8 Å². The zero-order chi connectivity index (χ0) is 24.2. The molecule has 0 fully saturated rings. The lowest BCUT2D eigenvalue weighted by Gasteiger charge is -2.16. The molecule has 172 valence electrons. The van der Waals surface area contributed by atoms with Gasteiger partial charge in [-0.3, -0.25) is 9.59 Å². The van der Waals surface area contributed by atoms with Crippen molar-refractivity contribution in [1.29, 1.82) is 0 Å². The summed E-state index contributed by atoms with van der Waals surface area (Å²) in [4.78, 5) is 26.0. The van der Waals surface area contributed by atoms with Crippen molar-refractivity contribution in [2.24, 2.45) is 0 Å². The molecule has 0 aliphatic rings. The maximum Gasteiger partial charge on any atom is 0.268 e. The van der Waals surface area contributed by atoms with Crippen molar-refractivity contribution < 1.29 is 18.4 Å². The molecule has 0 saturated heterocycles. The van der Waals surface area contributed by atoms with Crippen molar-refractivity contribution in [1.82, 2.24) is 9.88 Å². The Balaban J connectivity index is 1.91. The van der Waals surface area contributed by atoms with Gasteiger partial charge in [0.1, 0.15) is 17.3 Å². The van der Waals surface area contributed by atoms with Crippen LogP contribution >= 0.6 is 0 Å². The zero-order valence-corrected chi connectivity index (χ0v) is 18.9. The number of benzene rings is 3. The van der Waals surface area contributed by atoms with Crippen molar-refractivity contribution >= 4 is 12.2 Å². The van der Waals surface area contributed by atoms with Gasteiger partial charge in [0.2, 0.25) is 0 Å². The van der Waals surface area contributed by atoms with E-state index in [1.54, 1.807) is 28.8 Å². The molecule has 0 atom stereocenters. The van der Waals surface area contributed by atoms with Crippen LogP contribution in [0.25, 0.3) is 22.3 Å². The maximum atomic E-state index is 13.7. The fourth-order valence-electron chi connectivity index (χ4n) is 4.15. The van der Waals surface area contributed by atoms with E-state index in [-0.39, 0.29) is 24.3 Å². The van der Waals surface area contributed by atoms with Gasteiger partial charge in [-0.15, -0.1) is 0 Å². The number of aldehydes is 1. The van der Waals surface area contributed by atoms with E-state index in [1.807, 2.05) is 44.2 Å². The van der Waals surface area contributed by atoms with Crippen LogP contribution in [0.5, 0.6) is 0 Å². The first-order chi connectivity index (χ1) is 16.4. The second-order valence-corrected chi connectivity index (χ2v) is 8.25. The van der Waals surface area contributed by atoms with Crippen LogP contribution in [0.3, 0.4) is 0 Å². The van der Waals surface area contributed by atoms with Gasteiger partial charge < -0.3 is 9.88 Å². The molecule has 0 radical (unpaired) electrons. The average molecular weight is 459 g/mol. The van der Waals surface area contributed by atoms with Gasteiger partial charge in [0.05, 0.1) is 5.69 Å². The summed E-state index contributed by atoms with van der Waals surface area (Å²) in [5.41, 5.74) is 3.98. The minimum Gasteiger partial charge on any atom is -0.347 e. The fourth-order valence-corrected chi connectivity index (χ4v) is 4.15. The Morgan fingerprint density at radius 3 is 1.97 bits per heavy atom. The lowest BCUT2D eigenvalue weighted by Crippen LogP contribution is -2.27. The lowest BCUT2D eigenvalue weighted by molar-refractivity contribution is 0.0940. The van der Waals surface area contributed by atoms with Crippen LogP contribution in [0.4, 0.5) is 8.78 Å². The lowest BCUT2D eigenvalue weighted by atomic mass is 9.94. The van der Waals surface area contributed by atoms with Crippen LogP contribution in [0, 0.1) is 11.6 Å². The molecule has 1 amide bonds. The van der Waals surface area contributed by atoms with Gasteiger partial charge in [-0.2, -0.15) is 0 Å². The van der Waals surface area contributed by atoms with Crippen molar-refractivity contribution in [3.05, 3.63) is 107 Å². The van der Waals surface area contributed by atoms with Gasteiger partial charge in [0, 0.05) is 23.7 Å². The Morgan fingerprint density at radius 2 is 1.41 bits per heavy atom. The van der Waals surface area contributed by atoms with Gasteiger partial charge >= 0.3 is 0 Å². The number of aromatic nitrogens is 1. The van der Waals surface area contributed by atoms with Crippen molar-refractivity contribution in [3.63, 3.8) is 0 Å². The molecule has 1 heterocycles. The molecule has 1 aromatic heterocycles. The predicted octanol–water partition coefficient (Wildman–Crippen LogP) is 6.42. The van der Waals surface area contributed by atoms with Gasteiger partial charge in [-0.05, 0) is 54.8 Å². The van der Waals surface area contributed by atoms with Crippen LogP contribution in [0.2, 0.25) is 0 Å². The molecule has 0 aliphatic carbocycles. The van der Waals surface area contributed by atoms with Crippen molar-refractivity contribution in [2.45, 2.75) is 26.4 Å². The molecule has 4 rings (SSSR count). The highest BCUT2D eigenvalue weighted by atomic mass is 19.1. The highest BCUT2D eigenvalue weighted by Crippen LogP contribution is 2.41. The van der Waals surface area contributed by atoms with E-state index in [0.717, 1.165) is 17.4 Å². The minimum atomic E-state index is -0.391. The Labute approximate surface area is 196 Å². The Kier molecular flexibility index (Phi) is 6.68. The SMILES string of the molecule is CC(C)n1c(C=O)c(-c2ccc(F)cc2)c(-c2ccccc2)c1C(=O)NCc1ccc(F)cc1. The van der Waals surface area contributed by atoms with Gasteiger partial charge in [-0.25, -0.2) is 8.78 Å². The Morgan fingerprint density at radius 1 is 0.853 bits per heavy atom. The summed E-state index contributed by atoms with van der Waals surface area (Å²) >= 11 is 0. The summed E-state index contributed by atoms with van der Waals surface area (Å²) in [6, 6.07) is 20.9. The molecule has 0 aliphatic heterocycles. The first-order valence-electron chi connectivity index (χ1n) is 11.0. The number of carbonyl (C=O) groups is 2. The second kappa shape index (κ2) is 9.83. The molecule has 6 heteroatoms. The third-order valence-corrected chi connectivity index (χ3v) is 5.65. The quantitative estimate of drug-likeness (QED) is 0.325. The van der Waals surface area contributed by atoms with E-state index in [2.05, 4.69) is 5.32 Å². The molecular weight excluding hydrogens is 434 g/mol. The zero-order valence-electron chi connectivity index (χ0n) is 18.9. The number of hydrogen-bond donors (Lipinski definition) is 1. The number of carbonyl (C=O) groups excluding carboxylic acids is 2. The minimum absolute atomic E-state index is 0.193. The molecule has 0 saturated carbocycles. The van der Waals surface area contributed by atoms with E-state index < -0.39 is 5.82 Å². The molecule has 0 unspecified atom stereocenters. The van der Waals surface area contributed by atoms with Crippen LogP contribution < -0.4 is 5.32 Å². The summed E-state index contributed by atoms with van der Waals surface area (Å²) in [6.07, 6.45) is 0.738. The maximum absolute atomic E-state index is 13.7. The Hall–Kier alpha value is -4.06. The number of halogens is 2. The van der Waals surface area contributed by atoms with Crippen molar-refractivity contribution in [2.75, 3.05) is 0 Å². The predicted molar refractivity (Wildman–Crippen MR) is 129 cm³/mol. The van der Waals surface area contributed by atoms with Crippen molar-refractivity contribution in [3.8, 4) is 22.3 Å². The van der Waals surface area contributed by atoms with E-state index >= 15 is 0 Å². The number of hydrogen-bond acceptors (Lipinski definition) is 2. The summed E-state index contributed by atoms with van der Waals surface area (Å²) in [7, 11) is 0. The monoisotopic (exact) mass is 458 g/mol. The van der Waals surface area contributed by atoms with Crippen LogP contribution in [0.1, 0.15) is 46.4 Å². The van der Waals surface area contributed by atoms with Crippen LogP contribution in [0.15, 0.2) is 78.9 Å². The number of nitrogens with one attached hydrogen (secondary N) is 1. The number of rotatable bonds is 7. The molecule has 34 heavy (non-hydrogen) atoms. The molecule has 1 N–H and O–H groups in total. The summed E-state index contributed by atoms with van der Waals surface area (Å²) in [6.45, 7) is 3.98. The van der Waals surface area contributed by atoms with Gasteiger partial charge in [0.15, 0.2) is 6.29 Å². The molecule has 0 bridgehead atoms. The third kappa shape index (κ3) is 4.53. The highest BCUT2D eigenvalue weighted by molar-refractivity contribution is 6.08. The number of amides is 1. The Bertz CT molecular complexity index is 1310. The smallest absolute Gasteiger partial charge is 0.268 e. The first-order valence-corrected chi connectivity index (χ1v) is 11.0. The third-order valence-electron chi connectivity index (χ3n) is 5.65. The van der Waals surface area contributed by atoms with E-state index in [4.69, 9.17) is 0 Å². The summed E-state index contributed by atoms with van der Waals surface area (Å²) in [5, 5.41) is 2.91. The highest BCUT2D eigenvalue weighted by Gasteiger charge is 2.29. The van der Waals surface area contributed by atoms with E-state index in [0.29, 0.717) is 28.1 Å². The van der Waals surface area contributed by atoms with Crippen LogP contribution in [-0.2, 0) is 6.54 Å². The fraction of sp³-hybridized carbons (Fsp3) is 0.143. The standard InChI is InChI=1S/C28H24F2N2O2/c1-18(2)32-24(17-33)25(21-10-14-23(30)15-11-21)26(20-6-4-3-5-7-20)27(32)28(34)31-16-19-8-12-22(29)13-9-19/h3-15,17-18H,16H2,1-2H3,(H,31,34). The topological polar surface area (TPSA) is 51.1 Å². The summed E-state index contributed by atoms with van der Waals surface area (Å²) < 4.78 is 28.6. The molecule has 4 nitrogen and oxygen atoms in total. The normalized spacial score (nSPS) is 11.0. The summed E-state index contributed by atoms with van der Waals surface area (Å²) in [5.74, 6) is -1.11. The second-order valence-electron chi connectivity index (χ2n) is 8.25. The molecule has 0 spiro atoms. The van der Waals surface area contributed by atoms with Gasteiger partial charge in [-0.1, -0.05) is 54.6 Å². The molecule has 4 aromatic rings. The van der Waals surface area contributed by atoms with Gasteiger partial charge in [0.25, 0.3) is 5.91 Å². The molecular formula is C28H24F2N2O2.